The number of aryl methyl sites for hydroxylation is 1. The number of methoxy groups -OCH3 is 2. The van der Waals surface area contributed by atoms with Crippen LogP contribution in [0, 0.1) is 6.92 Å². The van der Waals surface area contributed by atoms with Crippen LogP contribution in [0.1, 0.15) is 41.3 Å². The summed E-state index contributed by atoms with van der Waals surface area (Å²) < 4.78 is 12.2. The minimum absolute atomic E-state index is 0.0512. The maximum absolute atomic E-state index is 11.9. The van der Waals surface area contributed by atoms with Gasteiger partial charge in [-0.2, -0.15) is 5.10 Å². The van der Waals surface area contributed by atoms with Gasteiger partial charge >= 0.3 is 0 Å². The summed E-state index contributed by atoms with van der Waals surface area (Å²) >= 11 is 0. The quantitative estimate of drug-likeness (QED) is 0.584. The molecule has 1 N–H and O–H groups in total. The van der Waals surface area contributed by atoms with E-state index < -0.39 is 0 Å². The van der Waals surface area contributed by atoms with Crippen molar-refractivity contribution in [3.8, 4) is 5.75 Å². The Kier molecular flexibility index (Phi) is 7.02. The van der Waals surface area contributed by atoms with Crippen LogP contribution in [0.15, 0.2) is 36.5 Å². The normalized spacial score (nSPS) is 15.2. The summed E-state index contributed by atoms with van der Waals surface area (Å²) in [5.74, 6) is 1.11. The Morgan fingerprint density at radius 2 is 1.94 bits per heavy atom. The maximum atomic E-state index is 11.9. The molecule has 8 heteroatoms. The Morgan fingerprint density at radius 3 is 2.62 bits per heavy atom. The van der Waals surface area contributed by atoms with Crippen LogP contribution in [-0.2, 0) is 22.6 Å². The number of carbonyl (C=O) groups excluding carboxylic acids is 1. The minimum atomic E-state index is -0.135. The van der Waals surface area contributed by atoms with Gasteiger partial charge in [0, 0.05) is 43.9 Å². The summed E-state index contributed by atoms with van der Waals surface area (Å²) in [4.78, 5) is 19.0. The van der Waals surface area contributed by atoms with Crippen LogP contribution in [0.25, 0.3) is 5.65 Å². The molecule has 0 atom stereocenters. The Balaban J connectivity index is 1.48. The monoisotopic (exact) mass is 437 g/mol. The lowest BCUT2D eigenvalue weighted by Gasteiger charge is -2.33. The van der Waals surface area contributed by atoms with Crippen molar-refractivity contribution in [1.82, 2.24) is 24.8 Å². The first-order valence-electron chi connectivity index (χ1n) is 11.0. The molecule has 4 rings (SSSR count). The van der Waals surface area contributed by atoms with E-state index in [0.717, 1.165) is 60.8 Å². The van der Waals surface area contributed by atoms with Gasteiger partial charge in [-0.25, -0.2) is 9.50 Å². The Hall–Kier alpha value is -2.97. The first-order valence-corrected chi connectivity index (χ1v) is 11.0. The number of fused-ring (bicyclic) bond motifs is 1. The van der Waals surface area contributed by atoms with Gasteiger partial charge in [-0.3, -0.25) is 9.69 Å². The number of benzene rings is 1. The van der Waals surface area contributed by atoms with Crippen molar-refractivity contribution in [1.29, 1.82) is 0 Å². The van der Waals surface area contributed by atoms with E-state index in [4.69, 9.17) is 14.6 Å². The molecule has 0 aliphatic carbocycles. The molecule has 8 nitrogen and oxygen atoms in total. The summed E-state index contributed by atoms with van der Waals surface area (Å²) in [5, 5.41) is 7.64. The molecule has 0 saturated carbocycles. The summed E-state index contributed by atoms with van der Waals surface area (Å²) in [6, 6.07) is 10.3. The number of hydrogen-bond acceptors (Lipinski definition) is 6. The smallest absolute Gasteiger partial charge is 0.246 e. The number of ether oxygens (including phenoxy) is 2. The van der Waals surface area contributed by atoms with E-state index in [0.29, 0.717) is 12.5 Å². The van der Waals surface area contributed by atoms with Gasteiger partial charge in [-0.1, -0.05) is 12.1 Å². The molecule has 1 aromatic carbocycles. The third kappa shape index (κ3) is 5.08. The zero-order chi connectivity index (χ0) is 22.5. The second kappa shape index (κ2) is 10.1. The summed E-state index contributed by atoms with van der Waals surface area (Å²) in [6.07, 6.45) is 3.95. The van der Waals surface area contributed by atoms with Gasteiger partial charge in [0.25, 0.3) is 0 Å². The van der Waals surface area contributed by atoms with Gasteiger partial charge in [-0.15, -0.1) is 0 Å². The van der Waals surface area contributed by atoms with E-state index in [-0.39, 0.29) is 12.5 Å². The molecule has 0 radical (unpaired) electrons. The van der Waals surface area contributed by atoms with Crippen molar-refractivity contribution in [3.05, 3.63) is 59.0 Å². The average Bonchev–Trinajstić information content (AvgIpc) is 3.19. The highest BCUT2D eigenvalue weighted by Crippen LogP contribution is 2.31. The van der Waals surface area contributed by atoms with Crippen molar-refractivity contribution in [3.63, 3.8) is 0 Å². The Bertz CT molecular complexity index is 1060. The van der Waals surface area contributed by atoms with Crippen molar-refractivity contribution in [2.24, 2.45) is 0 Å². The van der Waals surface area contributed by atoms with Gasteiger partial charge in [-0.05, 0) is 50.6 Å². The second-order valence-electron chi connectivity index (χ2n) is 8.33. The molecule has 0 bridgehead atoms. The van der Waals surface area contributed by atoms with Gasteiger partial charge in [0.2, 0.25) is 5.91 Å². The topological polar surface area (TPSA) is 81.0 Å². The molecule has 1 amide bonds. The lowest BCUT2D eigenvalue weighted by Crippen LogP contribution is -2.34. The van der Waals surface area contributed by atoms with Gasteiger partial charge in [0.05, 0.1) is 18.5 Å². The van der Waals surface area contributed by atoms with Gasteiger partial charge < -0.3 is 14.8 Å². The largest absolute Gasteiger partial charge is 0.497 e. The van der Waals surface area contributed by atoms with Crippen LogP contribution in [0.5, 0.6) is 5.75 Å². The molecule has 2 aromatic heterocycles. The predicted molar refractivity (Wildman–Crippen MR) is 122 cm³/mol. The third-order valence-electron chi connectivity index (χ3n) is 6.01. The van der Waals surface area contributed by atoms with Crippen LogP contribution in [0.2, 0.25) is 0 Å². The van der Waals surface area contributed by atoms with Crippen molar-refractivity contribution >= 4 is 11.6 Å². The van der Waals surface area contributed by atoms with Crippen LogP contribution >= 0.6 is 0 Å². The summed E-state index contributed by atoms with van der Waals surface area (Å²) in [6.45, 7) is 5.41. The van der Waals surface area contributed by atoms with Gasteiger partial charge in [0.15, 0.2) is 5.65 Å². The number of amides is 1. The molecule has 1 saturated heterocycles. The molecular weight excluding hydrogens is 406 g/mol. The standard InChI is InChI=1S/C24H31N5O3/c1-17-12-22-25-13-20(14-26-23(30)16-31-2)24(29(22)27-17)19-8-10-28(11-9-19)15-18-4-6-21(32-3)7-5-18/h4-7,12-13,19H,8-11,14-16H2,1-3H3,(H,26,30). The van der Waals surface area contributed by atoms with Gasteiger partial charge in [0.1, 0.15) is 12.4 Å². The number of carbonyl (C=O) groups is 1. The summed E-state index contributed by atoms with van der Waals surface area (Å²) in [5.41, 5.74) is 5.25. The number of likely N-dealkylation sites (tertiary alicyclic amines) is 1. The molecule has 3 aromatic rings. The molecule has 32 heavy (non-hydrogen) atoms. The second-order valence-corrected chi connectivity index (χ2v) is 8.33. The van der Waals surface area contributed by atoms with Crippen molar-refractivity contribution in [2.75, 3.05) is 33.9 Å². The number of rotatable bonds is 8. The molecular formula is C24H31N5O3. The molecule has 1 aliphatic heterocycles. The highest BCUT2D eigenvalue weighted by atomic mass is 16.5. The van der Waals surface area contributed by atoms with E-state index in [1.165, 1.54) is 12.7 Å². The molecule has 1 fully saturated rings. The van der Waals surface area contributed by atoms with Crippen molar-refractivity contribution in [2.45, 2.75) is 38.8 Å². The fourth-order valence-corrected chi connectivity index (χ4v) is 4.40. The van der Waals surface area contributed by atoms with Crippen LogP contribution in [0.3, 0.4) is 0 Å². The molecule has 170 valence electrons. The number of nitrogens with zero attached hydrogens (tertiary/aromatic N) is 4. The first kappa shape index (κ1) is 22.2. The summed E-state index contributed by atoms with van der Waals surface area (Å²) in [7, 11) is 3.21. The fourth-order valence-electron chi connectivity index (χ4n) is 4.40. The van der Waals surface area contributed by atoms with Crippen LogP contribution in [0.4, 0.5) is 0 Å². The molecule has 0 unspecified atom stereocenters. The van der Waals surface area contributed by atoms with Crippen LogP contribution in [-0.4, -0.2) is 59.3 Å². The molecule has 0 spiro atoms. The third-order valence-corrected chi connectivity index (χ3v) is 6.01. The minimum Gasteiger partial charge on any atom is -0.497 e. The zero-order valence-corrected chi connectivity index (χ0v) is 19.0. The van der Waals surface area contributed by atoms with E-state index in [2.05, 4.69) is 27.3 Å². The Morgan fingerprint density at radius 1 is 1.19 bits per heavy atom. The number of nitrogens with one attached hydrogen (secondary N) is 1. The van der Waals surface area contributed by atoms with Crippen molar-refractivity contribution < 1.29 is 14.3 Å². The Labute approximate surface area is 188 Å². The lowest BCUT2D eigenvalue weighted by molar-refractivity contribution is -0.124. The average molecular weight is 438 g/mol. The number of piperidine rings is 1. The lowest BCUT2D eigenvalue weighted by atomic mass is 9.90. The molecule has 3 heterocycles. The highest BCUT2D eigenvalue weighted by molar-refractivity contribution is 5.77. The van der Waals surface area contributed by atoms with E-state index in [9.17, 15) is 4.79 Å². The predicted octanol–water partition coefficient (Wildman–Crippen LogP) is 2.69. The SMILES string of the molecule is COCC(=O)NCc1cnc2cc(C)nn2c1C1CCN(Cc2ccc(OC)cc2)CC1. The fraction of sp³-hybridized carbons (Fsp3) is 0.458. The highest BCUT2D eigenvalue weighted by Gasteiger charge is 2.26. The zero-order valence-electron chi connectivity index (χ0n) is 19.0. The maximum Gasteiger partial charge on any atom is 0.246 e. The first-order chi connectivity index (χ1) is 15.6. The van der Waals surface area contributed by atoms with E-state index in [1.54, 1.807) is 7.11 Å². The molecule has 1 aliphatic rings. The number of hydrogen-bond donors (Lipinski definition) is 1. The van der Waals surface area contributed by atoms with Crippen LogP contribution < -0.4 is 10.1 Å². The number of aromatic nitrogens is 3. The van der Waals surface area contributed by atoms with E-state index >= 15 is 0 Å². The van der Waals surface area contributed by atoms with E-state index in [1.807, 2.05) is 35.8 Å².